The Hall–Kier alpha value is -1.88. The smallest absolute Gasteiger partial charge is 0.307 e. The molecule has 2 aromatic rings. The van der Waals surface area contributed by atoms with Crippen LogP contribution in [0.3, 0.4) is 0 Å². The van der Waals surface area contributed by atoms with Gasteiger partial charge in [-0.25, -0.2) is 4.98 Å². The van der Waals surface area contributed by atoms with Crippen molar-refractivity contribution < 1.29 is 14.6 Å². The maximum Gasteiger partial charge on any atom is 0.307 e. The van der Waals surface area contributed by atoms with Gasteiger partial charge < -0.3 is 9.84 Å². The largest absolute Gasteiger partial charge is 0.487 e. The van der Waals surface area contributed by atoms with E-state index in [1.54, 1.807) is 29.5 Å². The Morgan fingerprint density at radius 3 is 2.65 bits per heavy atom. The molecular weight excluding hydrogens is 310 g/mol. The molecule has 1 heterocycles. The highest BCUT2D eigenvalue weighted by atomic mass is 32.1. The Kier molecular flexibility index (Phi) is 9.90. The molecule has 128 valence electrons. The van der Waals surface area contributed by atoms with Crippen molar-refractivity contribution in [3.63, 3.8) is 0 Å². The lowest BCUT2D eigenvalue weighted by Gasteiger charge is -2.07. The fourth-order valence-electron chi connectivity index (χ4n) is 1.97. The minimum absolute atomic E-state index is 0. The van der Waals surface area contributed by atoms with Crippen LogP contribution in [0.25, 0.3) is 0 Å². The number of aromatic nitrogens is 1. The molecule has 0 unspecified atom stereocenters. The predicted molar refractivity (Wildman–Crippen MR) is 96.4 cm³/mol. The van der Waals surface area contributed by atoms with Crippen molar-refractivity contribution in [2.24, 2.45) is 0 Å². The predicted octanol–water partition coefficient (Wildman–Crippen LogP) is 4.88. The van der Waals surface area contributed by atoms with Gasteiger partial charge in [0.25, 0.3) is 0 Å². The zero-order valence-electron chi connectivity index (χ0n) is 13.5. The van der Waals surface area contributed by atoms with E-state index in [-0.39, 0.29) is 13.8 Å². The molecule has 0 saturated carbocycles. The normalized spacial score (nSPS) is 9.39. The van der Waals surface area contributed by atoms with Crippen LogP contribution < -0.4 is 4.74 Å². The molecular formula is C18H27NO3S. The zero-order chi connectivity index (χ0) is 16.5. The summed E-state index contributed by atoms with van der Waals surface area (Å²) >= 11 is 1.69. The number of nitrogens with zero attached hydrogens (tertiary/aromatic N) is 1. The summed E-state index contributed by atoms with van der Waals surface area (Å²) in [5.41, 5.74) is 1.71. The number of carboxylic acid groups (broad SMARTS) is 1. The summed E-state index contributed by atoms with van der Waals surface area (Å²) in [6.07, 6.45) is 0.955. The number of carbonyl (C=O) groups is 1. The fraction of sp³-hybridized carbons (Fsp3) is 0.444. The summed E-state index contributed by atoms with van der Waals surface area (Å²) in [6, 6.07) is 7.18. The average Bonchev–Trinajstić information content (AvgIpc) is 2.87. The van der Waals surface area contributed by atoms with Gasteiger partial charge in [-0.3, -0.25) is 4.79 Å². The van der Waals surface area contributed by atoms with Gasteiger partial charge in [0.2, 0.25) is 0 Å². The molecule has 0 fully saturated rings. The van der Waals surface area contributed by atoms with E-state index in [0.717, 1.165) is 22.7 Å². The van der Waals surface area contributed by atoms with E-state index < -0.39 is 5.97 Å². The third-order valence-corrected chi connectivity index (χ3v) is 3.99. The van der Waals surface area contributed by atoms with Gasteiger partial charge in [-0.15, -0.1) is 11.3 Å². The molecule has 0 bridgehead atoms. The Bertz CT molecular complexity index is 608. The van der Waals surface area contributed by atoms with Crippen LogP contribution in [-0.4, -0.2) is 16.1 Å². The molecule has 0 aliphatic carbocycles. The number of hydrogen-bond donors (Lipinski definition) is 1. The van der Waals surface area contributed by atoms with Crippen LogP contribution >= 0.6 is 11.3 Å². The average molecular weight is 337 g/mol. The second kappa shape index (κ2) is 10.8. The number of thiazole rings is 1. The lowest BCUT2D eigenvalue weighted by molar-refractivity contribution is -0.136. The van der Waals surface area contributed by atoms with Gasteiger partial charge >= 0.3 is 5.97 Å². The van der Waals surface area contributed by atoms with Gasteiger partial charge in [-0.05, 0) is 31.0 Å². The molecule has 1 aromatic heterocycles. The first-order valence-corrected chi connectivity index (χ1v) is 8.29. The lowest BCUT2D eigenvalue weighted by atomic mass is 10.1. The van der Waals surface area contributed by atoms with Crippen LogP contribution in [0.2, 0.25) is 0 Å². The number of aryl methyl sites for hydroxylation is 2. The van der Waals surface area contributed by atoms with Crippen LogP contribution in [0, 0.1) is 6.92 Å². The Morgan fingerprint density at radius 2 is 2.04 bits per heavy atom. The first kappa shape index (κ1) is 21.1. The number of carboxylic acids is 1. The summed E-state index contributed by atoms with van der Waals surface area (Å²) in [6.45, 7) is 8.51. The van der Waals surface area contributed by atoms with Crippen molar-refractivity contribution in [1.82, 2.24) is 4.98 Å². The third-order valence-electron chi connectivity index (χ3n) is 2.84. The van der Waals surface area contributed by atoms with E-state index in [9.17, 15) is 4.79 Å². The lowest BCUT2D eigenvalue weighted by Crippen LogP contribution is -2.02. The van der Waals surface area contributed by atoms with Crippen molar-refractivity contribution in [2.45, 2.75) is 54.6 Å². The zero-order valence-corrected chi connectivity index (χ0v) is 14.4. The highest BCUT2D eigenvalue weighted by molar-refractivity contribution is 7.11. The van der Waals surface area contributed by atoms with Gasteiger partial charge in [-0.1, -0.05) is 40.3 Å². The van der Waals surface area contributed by atoms with Crippen molar-refractivity contribution >= 4 is 17.3 Å². The summed E-state index contributed by atoms with van der Waals surface area (Å²) in [5, 5.41) is 9.83. The van der Waals surface area contributed by atoms with Crippen molar-refractivity contribution in [2.75, 3.05) is 0 Å². The fourth-order valence-corrected chi connectivity index (χ4v) is 2.85. The topological polar surface area (TPSA) is 59.4 Å². The number of rotatable bonds is 6. The van der Waals surface area contributed by atoms with Crippen LogP contribution in [0.1, 0.15) is 49.3 Å². The molecule has 1 aromatic carbocycles. The standard InChI is InChI=1S/C15H17NO3S.C2H6.CH4/c1-3-14-13(16-10(2)20-14)9-19-12-6-4-5-11(7-12)8-15(17)18;1-2;/h4-7H,3,8-9H2,1-2H3,(H,17,18);1-2H3;1H4. The molecule has 0 aliphatic heterocycles. The Morgan fingerprint density at radius 1 is 1.35 bits per heavy atom. The number of aliphatic carboxylic acids is 1. The minimum atomic E-state index is -0.842. The Labute approximate surface area is 143 Å². The van der Waals surface area contributed by atoms with E-state index in [4.69, 9.17) is 9.84 Å². The van der Waals surface area contributed by atoms with E-state index >= 15 is 0 Å². The molecule has 0 spiro atoms. The summed E-state index contributed by atoms with van der Waals surface area (Å²) in [5.74, 6) is -0.165. The highest BCUT2D eigenvalue weighted by Gasteiger charge is 2.08. The number of hydrogen-bond acceptors (Lipinski definition) is 4. The number of benzene rings is 1. The van der Waals surface area contributed by atoms with Crippen LogP contribution in [0.4, 0.5) is 0 Å². The maximum absolute atomic E-state index is 10.7. The summed E-state index contributed by atoms with van der Waals surface area (Å²) in [7, 11) is 0. The van der Waals surface area contributed by atoms with Crippen LogP contribution in [0.5, 0.6) is 5.75 Å². The molecule has 2 rings (SSSR count). The quantitative estimate of drug-likeness (QED) is 0.816. The van der Waals surface area contributed by atoms with Crippen molar-refractivity contribution in [3.8, 4) is 5.75 Å². The molecule has 4 nitrogen and oxygen atoms in total. The van der Waals surface area contributed by atoms with Crippen LogP contribution in [-0.2, 0) is 24.2 Å². The third kappa shape index (κ3) is 6.82. The van der Waals surface area contributed by atoms with E-state index in [0.29, 0.717) is 12.4 Å². The van der Waals surface area contributed by atoms with Gasteiger partial charge in [0.05, 0.1) is 17.1 Å². The van der Waals surface area contributed by atoms with E-state index in [2.05, 4.69) is 11.9 Å². The number of ether oxygens (including phenoxy) is 1. The molecule has 5 heteroatoms. The van der Waals surface area contributed by atoms with Gasteiger partial charge in [-0.2, -0.15) is 0 Å². The first-order chi connectivity index (χ1) is 10.6. The maximum atomic E-state index is 10.7. The van der Waals surface area contributed by atoms with Crippen molar-refractivity contribution in [3.05, 3.63) is 45.4 Å². The molecule has 23 heavy (non-hydrogen) atoms. The summed E-state index contributed by atoms with van der Waals surface area (Å²) in [4.78, 5) is 16.4. The minimum Gasteiger partial charge on any atom is -0.487 e. The van der Waals surface area contributed by atoms with Gasteiger partial charge in [0.15, 0.2) is 0 Å². The highest BCUT2D eigenvalue weighted by Crippen LogP contribution is 2.21. The first-order valence-electron chi connectivity index (χ1n) is 7.47. The van der Waals surface area contributed by atoms with E-state index in [1.165, 1.54) is 4.88 Å². The molecule has 0 atom stereocenters. The second-order valence-electron chi connectivity index (χ2n) is 4.46. The van der Waals surface area contributed by atoms with Gasteiger partial charge in [0, 0.05) is 4.88 Å². The summed E-state index contributed by atoms with van der Waals surface area (Å²) < 4.78 is 5.72. The molecule has 0 amide bonds. The molecule has 1 N–H and O–H groups in total. The Balaban J connectivity index is 0.00000155. The molecule has 0 aliphatic rings. The monoisotopic (exact) mass is 337 g/mol. The van der Waals surface area contributed by atoms with Crippen molar-refractivity contribution in [1.29, 1.82) is 0 Å². The van der Waals surface area contributed by atoms with Crippen LogP contribution in [0.15, 0.2) is 24.3 Å². The molecule has 0 saturated heterocycles. The molecule has 0 radical (unpaired) electrons. The van der Waals surface area contributed by atoms with E-state index in [1.807, 2.05) is 26.8 Å². The second-order valence-corrected chi connectivity index (χ2v) is 5.75. The SMILES string of the molecule is C.CC.CCc1sc(C)nc1COc1cccc(CC(=O)O)c1. The van der Waals surface area contributed by atoms with Gasteiger partial charge in [0.1, 0.15) is 12.4 Å².